The molecule has 1 saturated carbocycles. The molecule has 1 fully saturated rings. The minimum Gasteiger partial charge on any atom is -0.458 e. The number of aryl methyl sites for hydroxylation is 2. The zero-order chi connectivity index (χ0) is 27.6. The summed E-state index contributed by atoms with van der Waals surface area (Å²) in [5.74, 6) is 0.935. The van der Waals surface area contributed by atoms with Gasteiger partial charge in [-0.3, -0.25) is 4.79 Å². The lowest BCUT2D eigenvalue weighted by molar-refractivity contribution is -0.114. The normalized spacial score (nSPS) is 22.7. The van der Waals surface area contributed by atoms with E-state index < -0.39 is 0 Å². The Bertz CT molecular complexity index is 1050. The third kappa shape index (κ3) is 8.79. The Labute approximate surface area is 238 Å². The van der Waals surface area contributed by atoms with Crippen LogP contribution < -0.4 is 10.6 Å². The van der Waals surface area contributed by atoms with Crippen LogP contribution in [0.5, 0.6) is 0 Å². The van der Waals surface area contributed by atoms with Crippen molar-refractivity contribution in [1.82, 2.24) is 4.98 Å². The molecule has 2 aromatic rings. The summed E-state index contributed by atoms with van der Waals surface area (Å²) in [6.45, 7) is 6.72. The maximum atomic E-state index is 13.2. The molecular formula is C32H47N3O3S. The quantitative estimate of drug-likeness (QED) is 0.339. The van der Waals surface area contributed by atoms with Gasteiger partial charge in [0.05, 0.1) is 17.8 Å². The lowest BCUT2D eigenvalue weighted by Gasteiger charge is -2.36. The summed E-state index contributed by atoms with van der Waals surface area (Å²) >= 11 is 1.62. The smallest absolute Gasteiger partial charge is 0.340 e. The minimum atomic E-state index is -0.318. The number of nitrogens with one attached hydrogen (secondary N) is 2. The highest BCUT2D eigenvalue weighted by atomic mass is 32.1. The monoisotopic (exact) mass is 553 g/mol. The van der Waals surface area contributed by atoms with E-state index >= 15 is 0 Å². The van der Waals surface area contributed by atoms with Crippen LogP contribution in [0.2, 0.25) is 0 Å². The summed E-state index contributed by atoms with van der Waals surface area (Å²) in [6, 6.07) is 7.31. The number of carbonyl (C=O) groups excluding carboxylic acids is 2. The van der Waals surface area contributed by atoms with Gasteiger partial charge in [-0.05, 0) is 68.4 Å². The van der Waals surface area contributed by atoms with Crippen LogP contribution in [-0.4, -0.2) is 29.5 Å². The van der Waals surface area contributed by atoms with Crippen molar-refractivity contribution in [3.05, 3.63) is 40.4 Å². The van der Waals surface area contributed by atoms with Crippen LogP contribution >= 0.6 is 11.3 Å². The fourth-order valence-corrected chi connectivity index (χ4v) is 7.14. The van der Waals surface area contributed by atoms with Gasteiger partial charge in [0.1, 0.15) is 6.10 Å². The number of amides is 1. The van der Waals surface area contributed by atoms with Crippen LogP contribution in [0.4, 0.5) is 10.8 Å². The van der Waals surface area contributed by atoms with Crippen molar-refractivity contribution in [3.8, 4) is 0 Å². The second-order valence-corrected chi connectivity index (χ2v) is 13.0. The van der Waals surface area contributed by atoms with E-state index in [1.165, 1.54) is 56.2 Å². The van der Waals surface area contributed by atoms with Gasteiger partial charge >= 0.3 is 5.97 Å². The number of esters is 1. The molecule has 2 aliphatic carbocycles. The van der Waals surface area contributed by atoms with Gasteiger partial charge in [0.2, 0.25) is 5.91 Å². The van der Waals surface area contributed by atoms with Gasteiger partial charge in [-0.15, -0.1) is 11.3 Å². The number of hydrogen-bond acceptors (Lipinski definition) is 6. The zero-order valence-electron chi connectivity index (χ0n) is 24.1. The molecule has 3 atom stereocenters. The van der Waals surface area contributed by atoms with Gasteiger partial charge in [0.25, 0.3) is 0 Å². The number of benzene rings is 1. The van der Waals surface area contributed by atoms with Crippen LogP contribution in [-0.2, 0) is 22.4 Å². The van der Waals surface area contributed by atoms with Gasteiger partial charge in [0.15, 0.2) is 5.13 Å². The number of nitrogens with zero attached hydrogens (tertiary/aromatic N) is 1. The van der Waals surface area contributed by atoms with Crippen molar-refractivity contribution in [3.63, 3.8) is 0 Å². The molecule has 1 amide bonds. The molecule has 3 unspecified atom stereocenters. The Morgan fingerprint density at radius 1 is 1.00 bits per heavy atom. The number of anilines is 2. The van der Waals surface area contributed by atoms with E-state index in [-0.39, 0.29) is 24.5 Å². The van der Waals surface area contributed by atoms with E-state index in [4.69, 9.17) is 9.72 Å². The molecule has 214 valence electrons. The molecule has 0 bridgehead atoms. The molecule has 6 nitrogen and oxygen atoms in total. The molecular weight excluding hydrogens is 506 g/mol. The molecule has 0 saturated heterocycles. The van der Waals surface area contributed by atoms with E-state index in [0.717, 1.165) is 37.8 Å². The highest BCUT2D eigenvalue weighted by molar-refractivity contribution is 7.15. The number of thiazole rings is 1. The second kappa shape index (κ2) is 14.8. The van der Waals surface area contributed by atoms with E-state index in [9.17, 15) is 9.59 Å². The van der Waals surface area contributed by atoms with Gasteiger partial charge in [-0.25, -0.2) is 9.78 Å². The fraction of sp³-hybridized carbons (Fsp3) is 0.656. The molecule has 7 heteroatoms. The van der Waals surface area contributed by atoms with Crippen molar-refractivity contribution in [2.45, 2.75) is 110 Å². The lowest BCUT2D eigenvalue weighted by atomic mass is 9.75. The summed E-state index contributed by atoms with van der Waals surface area (Å²) in [6.07, 6.45) is 15.4. The van der Waals surface area contributed by atoms with Crippen LogP contribution in [0.3, 0.4) is 0 Å². The second-order valence-electron chi connectivity index (χ2n) is 11.9. The molecule has 0 radical (unpaired) electrons. The first-order chi connectivity index (χ1) is 18.9. The molecule has 2 aliphatic rings. The molecule has 1 aromatic carbocycles. The van der Waals surface area contributed by atoms with E-state index in [1.807, 2.05) is 18.2 Å². The Balaban J connectivity index is 1.35. The first-order valence-electron chi connectivity index (χ1n) is 15.2. The lowest BCUT2D eigenvalue weighted by Crippen LogP contribution is -2.36. The number of hydrogen-bond donors (Lipinski definition) is 2. The molecule has 2 N–H and O–H groups in total. The van der Waals surface area contributed by atoms with E-state index in [2.05, 4.69) is 31.4 Å². The number of rotatable bonds is 7. The number of carbonyl (C=O) groups is 2. The topological polar surface area (TPSA) is 80.3 Å². The first-order valence-corrected chi connectivity index (χ1v) is 16.0. The fourth-order valence-electron chi connectivity index (χ4n) is 6.07. The van der Waals surface area contributed by atoms with Crippen molar-refractivity contribution in [1.29, 1.82) is 0 Å². The molecule has 39 heavy (non-hydrogen) atoms. The number of ether oxygens (including phenoxy) is 1. The first kappa shape index (κ1) is 29.6. The van der Waals surface area contributed by atoms with Crippen molar-refractivity contribution in [2.24, 2.45) is 17.8 Å². The molecule has 0 spiro atoms. The van der Waals surface area contributed by atoms with Crippen LogP contribution in [0.15, 0.2) is 24.3 Å². The Hall–Kier alpha value is -2.41. The summed E-state index contributed by atoms with van der Waals surface area (Å²) in [5.41, 5.74) is 2.25. The maximum Gasteiger partial charge on any atom is 0.340 e. The summed E-state index contributed by atoms with van der Waals surface area (Å²) in [5, 5.41) is 6.84. The van der Waals surface area contributed by atoms with Gasteiger partial charge < -0.3 is 15.4 Å². The molecule has 4 rings (SSSR count). The summed E-state index contributed by atoms with van der Waals surface area (Å²) < 4.78 is 6.08. The van der Waals surface area contributed by atoms with Gasteiger partial charge in [-0.1, -0.05) is 77.8 Å². The summed E-state index contributed by atoms with van der Waals surface area (Å²) in [7, 11) is 0. The third-order valence-electron chi connectivity index (χ3n) is 8.40. The Morgan fingerprint density at radius 3 is 2.44 bits per heavy atom. The molecule has 0 aliphatic heterocycles. The number of aromatic nitrogens is 1. The van der Waals surface area contributed by atoms with Crippen LogP contribution in [0, 0.1) is 17.8 Å². The van der Waals surface area contributed by atoms with Crippen LogP contribution in [0.1, 0.15) is 112 Å². The SMILES string of the molecule is CC1CCC(C(C)C)C(OC(=O)c2ccccc2NCC(=O)Nc2nc3c(s2)CCCCCCCCCC3)C1. The largest absolute Gasteiger partial charge is 0.458 e. The number of para-hydroxylation sites is 1. The van der Waals surface area contributed by atoms with Crippen molar-refractivity contribution >= 4 is 34.0 Å². The molecule has 1 heterocycles. The van der Waals surface area contributed by atoms with Gasteiger partial charge in [-0.2, -0.15) is 0 Å². The van der Waals surface area contributed by atoms with Crippen LogP contribution in [0.25, 0.3) is 0 Å². The maximum absolute atomic E-state index is 13.2. The molecule has 1 aromatic heterocycles. The van der Waals surface area contributed by atoms with E-state index in [1.54, 1.807) is 17.4 Å². The number of fused-ring (bicyclic) bond motifs is 1. The highest BCUT2D eigenvalue weighted by Crippen LogP contribution is 2.36. The Morgan fingerprint density at radius 2 is 1.69 bits per heavy atom. The van der Waals surface area contributed by atoms with Gasteiger partial charge in [0, 0.05) is 10.6 Å². The average Bonchev–Trinajstić information content (AvgIpc) is 3.28. The van der Waals surface area contributed by atoms with E-state index in [0.29, 0.717) is 34.1 Å². The predicted molar refractivity (Wildman–Crippen MR) is 161 cm³/mol. The average molecular weight is 554 g/mol. The van der Waals surface area contributed by atoms with Crippen molar-refractivity contribution < 1.29 is 14.3 Å². The Kier molecular flexibility index (Phi) is 11.2. The predicted octanol–water partition coefficient (Wildman–Crippen LogP) is 8.03. The highest BCUT2D eigenvalue weighted by Gasteiger charge is 2.34. The van der Waals surface area contributed by atoms with Crippen molar-refractivity contribution in [2.75, 3.05) is 17.2 Å². The zero-order valence-corrected chi connectivity index (χ0v) is 24.9. The standard InChI is InChI=1S/C32H47N3O3S/c1-22(2)24-19-18-23(3)20-28(24)38-31(37)25-14-12-13-15-26(25)33-21-30(36)35-32-34-27-16-10-8-6-4-5-7-9-11-17-29(27)39-32/h12-15,22-24,28,33H,4-11,16-21H2,1-3H3,(H,34,35,36). The summed E-state index contributed by atoms with van der Waals surface area (Å²) in [4.78, 5) is 32.2. The third-order valence-corrected chi connectivity index (χ3v) is 9.47. The minimum absolute atomic E-state index is 0.0591.